The topological polar surface area (TPSA) is 55.8 Å². The molecule has 1 heterocycles. The van der Waals surface area contributed by atoms with Gasteiger partial charge in [-0.05, 0) is 59.8 Å². The van der Waals surface area contributed by atoms with Crippen LogP contribution in [-0.4, -0.2) is 23.2 Å². The zero-order valence-electron chi connectivity index (χ0n) is 18.2. The molecule has 5 nitrogen and oxygen atoms in total. The molecule has 1 saturated heterocycles. The SMILES string of the molecule is COc1ccc(/C=C2\SC(=O)N(Cc3c(F)cccc3Cl)C2=O)cc1OCc1ccc(Cl)cc1Cl. The Balaban J connectivity index is 1.55. The van der Waals surface area contributed by atoms with Crippen molar-refractivity contribution in [1.82, 2.24) is 4.90 Å². The number of benzene rings is 3. The first kappa shape index (κ1) is 25.4. The summed E-state index contributed by atoms with van der Waals surface area (Å²) in [6, 6.07) is 14.4. The maximum atomic E-state index is 14.2. The number of amides is 2. The lowest BCUT2D eigenvalue weighted by Crippen LogP contribution is -2.28. The maximum Gasteiger partial charge on any atom is 0.293 e. The van der Waals surface area contributed by atoms with E-state index >= 15 is 0 Å². The lowest BCUT2D eigenvalue weighted by atomic mass is 10.1. The van der Waals surface area contributed by atoms with Crippen LogP contribution in [0, 0.1) is 5.82 Å². The highest BCUT2D eigenvalue weighted by Gasteiger charge is 2.36. The molecule has 0 radical (unpaired) electrons. The van der Waals surface area contributed by atoms with Crippen LogP contribution in [0.5, 0.6) is 11.5 Å². The summed E-state index contributed by atoms with van der Waals surface area (Å²) >= 11 is 19.0. The van der Waals surface area contributed by atoms with Crippen LogP contribution >= 0.6 is 46.6 Å². The molecule has 0 N–H and O–H groups in total. The molecule has 1 aliphatic rings. The summed E-state index contributed by atoms with van der Waals surface area (Å²) in [5.41, 5.74) is 1.42. The second-order valence-electron chi connectivity index (χ2n) is 7.40. The first-order valence-electron chi connectivity index (χ1n) is 10.2. The van der Waals surface area contributed by atoms with Crippen molar-refractivity contribution < 1.29 is 23.5 Å². The number of hydrogen-bond acceptors (Lipinski definition) is 5. The third-order valence-electron chi connectivity index (χ3n) is 5.14. The summed E-state index contributed by atoms with van der Waals surface area (Å²) < 4.78 is 25.4. The molecule has 0 saturated carbocycles. The van der Waals surface area contributed by atoms with E-state index < -0.39 is 17.0 Å². The monoisotopic (exact) mass is 551 g/mol. The quantitative estimate of drug-likeness (QED) is 0.282. The second kappa shape index (κ2) is 10.9. The molecular weight excluding hydrogens is 536 g/mol. The third kappa shape index (κ3) is 5.76. The highest BCUT2D eigenvalue weighted by atomic mass is 35.5. The van der Waals surface area contributed by atoms with E-state index in [4.69, 9.17) is 44.3 Å². The molecule has 2 amide bonds. The lowest BCUT2D eigenvalue weighted by Gasteiger charge is -2.14. The fourth-order valence-corrected chi connectivity index (χ4v) is 4.84. The first-order chi connectivity index (χ1) is 16.8. The van der Waals surface area contributed by atoms with Crippen molar-refractivity contribution in [3.8, 4) is 11.5 Å². The van der Waals surface area contributed by atoms with Crippen molar-refractivity contribution in [2.45, 2.75) is 13.2 Å². The average molecular weight is 553 g/mol. The fourth-order valence-electron chi connectivity index (χ4n) is 3.32. The maximum absolute atomic E-state index is 14.2. The Morgan fingerprint density at radius 2 is 1.80 bits per heavy atom. The molecule has 0 bridgehead atoms. The highest BCUT2D eigenvalue weighted by Crippen LogP contribution is 2.36. The average Bonchev–Trinajstić information content (AvgIpc) is 3.08. The minimum atomic E-state index is -0.585. The van der Waals surface area contributed by atoms with Gasteiger partial charge in [-0.15, -0.1) is 0 Å². The third-order valence-corrected chi connectivity index (χ3v) is 6.98. The Morgan fingerprint density at radius 1 is 1.00 bits per heavy atom. The molecule has 0 aromatic heterocycles. The van der Waals surface area contributed by atoms with Crippen molar-refractivity contribution in [3.63, 3.8) is 0 Å². The van der Waals surface area contributed by atoms with Gasteiger partial charge in [0.25, 0.3) is 11.1 Å². The van der Waals surface area contributed by atoms with E-state index in [0.29, 0.717) is 27.1 Å². The Hall–Kier alpha value is -2.71. The Morgan fingerprint density at radius 3 is 2.51 bits per heavy atom. The van der Waals surface area contributed by atoms with Crippen molar-refractivity contribution in [2.75, 3.05) is 7.11 Å². The molecule has 0 unspecified atom stereocenters. The van der Waals surface area contributed by atoms with Crippen LogP contribution in [0.15, 0.2) is 59.5 Å². The molecule has 35 heavy (non-hydrogen) atoms. The molecule has 3 aromatic rings. The summed E-state index contributed by atoms with van der Waals surface area (Å²) in [7, 11) is 1.51. The van der Waals surface area contributed by atoms with Crippen LogP contribution in [0.4, 0.5) is 9.18 Å². The summed E-state index contributed by atoms with van der Waals surface area (Å²) in [5.74, 6) is -0.219. The summed E-state index contributed by atoms with van der Waals surface area (Å²) in [6.45, 7) is -0.0952. The van der Waals surface area contributed by atoms with E-state index in [0.717, 1.165) is 22.2 Å². The molecule has 4 rings (SSSR count). The van der Waals surface area contributed by atoms with E-state index in [-0.39, 0.29) is 28.6 Å². The Labute approximate surface area is 220 Å². The first-order valence-corrected chi connectivity index (χ1v) is 12.1. The Kier molecular flexibility index (Phi) is 7.91. The molecule has 10 heteroatoms. The van der Waals surface area contributed by atoms with Crippen molar-refractivity contribution in [2.24, 2.45) is 0 Å². The normalized spacial score (nSPS) is 14.7. The molecular formula is C25H17Cl3FNO4S. The largest absolute Gasteiger partial charge is 0.493 e. The minimum Gasteiger partial charge on any atom is -0.493 e. The predicted octanol–water partition coefficient (Wildman–Crippen LogP) is 7.61. The number of nitrogens with zero attached hydrogens (tertiary/aromatic N) is 1. The van der Waals surface area contributed by atoms with Gasteiger partial charge < -0.3 is 9.47 Å². The van der Waals surface area contributed by atoms with Crippen LogP contribution < -0.4 is 9.47 Å². The predicted molar refractivity (Wildman–Crippen MR) is 137 cm³/mol. The van der Waals surface area contributed by atoms with Gasteiger partial charge in [-0.2, -0.15) is 0 Å². The van der Waals surface area contributed by atoms with Gasteiger partial charge in [-0.1, -0.05) is 53.0 Å². The molecule has 0 spiro atoms. The molecule has 1 aliphatic heterocycles. The zero-order valence-corrected chi connectivity index (χ0v) is 21.3. The standard InChI is InChI=1S/C25H17Cl3FNO4S/c1-33-21-8-5-14(9-22(21)34-13-15-6-7-16(26)11-19(15)28)10-23-24(31)30(25(32)35-23)12-17-18(27)3-2-4-20(17)29/h2-11H,12-13H2,1H3/b23-10-. The Bertz CT molecular complexity index is 1330. The van der Waals surface area contributed by atoms with Crippen molar-refractivity contribution in [3.05, 3.63) is 97.1 Å². The number of rotatable bonds is 7. The van der Waals surface area contributed by atoms with Gasteiger partial charge in [-0.25, -0.2) is 4.39 Å². The molecule has 3 aromatic carbocycles. The van der Waals surface area contributed by atoms with E-state index in [2.05, 4.69) is 0 Å². The van der Waals surface area contributed by atoms with Gasteiger partial charge in [-0.3, -0.25) is 14.5 Å². The fraction of sp³-hybridized carbons (Fsp3) is 0.120. The number of carbonyl (C=O) groups excluding carboxylic acids is 2. The van der Waals surface area contributed by atoms with E-state index in [9.17, 15) is 14.0 Å². The number of hydrogen-bond donors (Lipinski definition) is 0. The van der Waals surface area contributed by atoms with Crippen LogP contribution in [-0.2, 0) is 17.9 Å². The summed E-state index contributed by atoms with van der Waals surface area (Å²) in [5, 5.41) is 0.620. The van der Waals surface area contributed by atoms with E-state index in [1.807, 2.05) is 0 Å². The smallest absolute Gasteiger partial charge is 0.293 e. The van der Waals surface area contributed by atoms with Gasteiger partial charge in [0.15, 0.2) is 11.5 Å². The number of ether oxygens (including phenoxy) is 2. The molecule has 180 valence electrons. The minimum absolute atomic E-state index is 0.0821. The second-order valence-corrected chi connectivity index (χ2v) is 9.65. The van der Waals surface area contributed by atoms with E-state index in [1.54, 1.807) is 42.5 Å². The molecule has 0 aliphatic carbocycles. The van der Waals surface area contributed by atoms with Crippen LogP contribution in [0.25, 0.3) is 6.08 Å². The summed E-state index contributed by atoms with van der Waals surface area (Å²) in [4.78, 5) is 26.5. The summed E-state index contributed by atoms with van der Waals surface area (Å²) in [6.07, 6.45) is 1.56. The lowest BCUT2D eigenvalue weighted by molar-refractivity contribution is -0.123. The van der Waals surface area contributed by atoms with Crippen LogP contribution in [0.2, 0.25) is 15.1 Å². The van der Waals surface area contributed by atoms with E-state index in [1.165, 1.54) is 25.3 Å². The highest BCUT2D eigenvalue weighted by molar-refractivity contribution is 8.18. The number of imide groups is 1. The van der Waals surface area contributed by atoms with Crippen molar-refractivity contribution in [1.29, 1.82) is 0 Å². The van der Waals surface area contributed by atoms with Crippen LogP contribution in [0.1, 0.15) is 16.7 Å². The molecule has 1 fully saturated rings. The number of halogens is 4. The van der Waals surface area contributed by atoms with Gasteiger partial charge in [0.05, 0.1) is 18.6 Å². The van der Waals surface area contributed by atoms with Crippen LogP contribution in [0.3, 0.4) is 0 Å². The molecule has 0 atom stereocenters. The van der Waals surface area contributed by atoms with Gasteiger partial charge in [0, 0.05) is 26.2 Å². The zero-order chi connectivity index (χ0) is 25.1. The number of thioether (sulfide) groups is 1. The van der Waals surface area contributed by atoms with Gasteiger partial charge >= 0.3 is 0 Å². The number of carbonyl (C=O) groups is 2. The van der Waals surface area contributed by atoms with Gasteiger partial charge in [0.2, 0.25) is 0 Å². The van der Waals surface area contributed by atoms with Crippen molar-refractivity contribution >= 4 is 63.8 Å². The number of methoxy groups -OCH3 is 1. The van der Waals surface area contributed by atoms with Gasteiger partial charge in [0.1, 0.15) is 12.4 Å².